The van der Waals surface area contributed by atoms with Gasteiger partial charge in [-0.3, -0.25) is 9.79 Å². The number of aromatic amines is 1. The lowest BCUT2D eigenvalue weighted by Crippen LogP contribution is -2.53. The fourth-order valence-electron chi connectivity index (χ4n) is 3.45. The van der Waals surface area contributed by atoms with Gasteiger partial charge in [0.1, 0.15) is 0 Å². The van der Waals surface area contributed by atoms with E-state index in [9.17, 15) is 4.79 Å². The van der Waals surface area contributed by atoms with Crippen LogP contribution in [0.4, 0.5) is 0 Å². The van der Waals surface area contributed by atoms with Crippen LogP contribution in [0.2, 0.25) is 0 Å². The monoisotopic (exact) mass is 355 g/mol. The maximum Gasteiger partial charge on any atom is 0.219 e. The van der Waals surface area contributed by atoms with Crippen LogP contribution in [0.3, 0.4) is 0 Å². The zero-order valence-corrected chi connectivity index (χ0v) is 16.0. The number of carbonyl (C=O) groups is 1. The molecule has 0 bridgehead atoms. The van der Waals surface area contributed by atoms with Crippen molar-refractivity contribution in [2.45, 2.75) is 27.2 Å². The smallest absolute Gasteiger partial charge is 0.219 e. The van der Waals surface area contributed by atoms with Gasteiger partial charge in [-0.2, -0.15) is 0 Å². The molecule has 1 aliphatic heterocycles. The second kappa shape index (κ2) is 8.25. The summed E-state index contributed by atoms with van der Waals surface area (Å²) in [7, 11) is 0. The van der Waals surface area contributed by atoms with Crippen molar-refractivity contribution in [3.8, 4) is 0 Å². The Balaban J connectivity index is 1.63. The summed E-state index contributed by atoms with van der Waals surface area (Å²) in [4.78, 5) is 23.8. The number of aromatic nitrogens is 1. The third-order valence-electron chi connectivity index (χ3n) is 4.93. The standard InChI is InChI=1S/C20H29N5O/c1-4-21-20(25-11-9-24(10-12-25)16(3)26)22-8-7-17-14-23-19-13-15(2)5-6-18(17)19/h5-6,13-14,23H,4,7-12H2,1-3H3,(H,21,22). The third-order valence-corrected chi connectivity index (χ3v) is 4.93. The van der Waals surface area contributed by atoms with E-state index in [0.717, 1.165) is 51.6 Å². The Morgan fingerprint density at radius 1 is 1.23 bits per heavy atom. The van der Waals surface area contributed by atoms with E-state index in [1.54, 1.807) is 6.92 Å². The molecule has 2 N–H and O–H groups in total. The van der Waals surface area contributed by atoms with Crippen LogP contribution in [0.25, 0.3) is 10.9 Å². The predicted octanol–water partition coefficient (Wildman–Crippen LogP) is 2.15. The Hall–Kier alpha value is -2.50. The lowest BCUT2D eigenvalue weighted by Gasteiger charge is -2.36. The fourth-order valence-corrected chi connectivity index (χ4v) is 3.45. The number of guanidine groups is 1. The van der Waals surface area contributed by atoms with Crippen molar-refractivity contribution in [2.75, 3.05) is 39.3 Å². The van der Waals surface area contributed by atoms with Crippen LogP contribution in [0.15, 0.2) is 29.4 Å². The van der Waals surface area contributed by atoms with Crippen molar-refractivity contribution in [3.63, 3.8) is 0 Å². The van der Waals surface area contributed by atoms with Gasteiger partial charge in [-0.1, -0.05) is 12.1 Å². The molecule has 0 atom stereocenters. The topological polar surface area (TPSA) is 63.7 Å². The summed E-state index contributed by atoms with van der Waals surface area (Å²) in [5, 5.41) is 4.67. The van der Waals surface area contributed by atoms with Gasteiger partial charge in [-0.25, -0.2) is 0 Å². The van der Waals surface area contributed by atoms with Crippen LogP contribution >= 0.6 is 0 Å². The highest BCUT2D eigenvalue weighted by Crippen LogP contribution is 2.20. The van der Waals surface area contributed by atoms with E-state index in [-0.39, 0.29) is 5.91 Å². The Kier molecular flexibility index (Phi) is 5.81. The van der Waals surface area contributed by atoms with Crippen molar-refractivity contribution in [2.24, 2.45) is 4.99 Å². The summed E-state index contributed by atoms with van der Waals surface area (Å²) >= 11 is 0. The second-order valence-electron chi connectivity index (χ2n) is 6.84. The molecule has 140 valence electrons. The first-order chi connectivity index (χ1) is 12.6. The summed E-state index contributed by atoms with van der Waals surface area (Å²) < 4.78 is 0. The minimum absolute atomic E-state index is 0.154. The lowest BCUT2D eigenvalue weighted by atomic mass is 10.1. The Morgan fingerprint density at radius 2 is 1.96 bits per heavy atom. The first kappa shape index (κ1) is 18.3. The van der Waals surface area contributed by atoms with Gasteiger partial charge >= 0.3 is 0 Å². The quantitative estimate of drug-likeness (QED) is 0.652. The van der Waals surface area contributed by atoms with Gasteiger partial charge in [0.2, 0.25) is 5.91 Å². The van der Waals surface area contributed by atoms with E-state index in [1.807, 2.05) is 4.90 Å². The average Bonchev–Trinajstić information content (AvgIpc) is 3.03. The van der Waals surface area contributed by atoms with Gasteiger partial charge < -0.3 is 20.1 Å². The minimum Gasteiger partial charge on any atom is -0.361 e. The number of aliphatic imine (C=N–C) groups is 1. The zero-order valence-electron chi connectivity index (χ0n) is 16.0. The molecule has 2 heterocycles. The largest absolute Gasteiger partial charge is 0.361 e. The number of piperazine rings is 1. The predicted molar refractivity (Wildman–Crippen MR) is 107 cm³/mol. The number of nitrogens with zero attached hydrogens (tertiary/aromatic N) is 3. The molecule has 1 aromatic carbocycles. The van der Waals surface area contributed by atoms with Crippen molar-refractivity contribution >= 4 is 22.8 Å². The van der Waals surface area contributed by atoms with Gasteiger partial charge in [0.25, 0.3) is 0 Å². The van der Waals surface area contributed by atoms with E-state index in [2.05, 4.69) is 53.4 Å². The molecule has 1 amide bonds. The summed E-state index contributed by atoms with van der Waals surface area (Å²) in [5.41, 5.74) is 3.76. The number of benzene rings is 1. The van der Waals surface area contributed by atoms with Crippen LogP contribution in [-0.2, 0) is 11.2 Å². The molecule has 1 aromatic heterocycles. The number of nitrogens with one attached hydrogen (secondary N) is 2. The number of fused-ring (bicyclic) bond motifs is 1. The molecule has 2 aromatic rings. The number of amides is 1. The number of hydrogen-bond acceptors (Lipinski definition) is 2. The maximum atomic E-state index is 11.5. The molecule has 0 unspecified atom stereocenters. The van der Waals surface area contributed by atoms with Crippen molar-refractivity contribution in [1.29, 1.82) is 0 Å². The first-order valence-electron chi connectivity index (χ1n) is 9.44. The van der Waals surface area contributed by atoms with Gasteiger partial charge in [0.15, 0.2) is 5.96 Å². The maximum absolute atomic E-state index is 11.5. The van der Waals surface area contributed by atoms with Gasteiger partial charge in [-0.05, 0) is 37.5 Å². The molecule has 0 saturated carbocycles. The van der Waals surface area contributed by atoms with Crippen molar-refractivity contribution < 1.29 is 4.79 Å². The van der Waals surface area contributed by atoms with Crippen LogP contribution < -0.4 is 5.32 Å². The second-order valence-corrected chi connectivity index (χ2v) is 6.84. The first-order valence-corrected chi connectivity index (χ1v) is 9.44. The summed E-state index contributed by atoms with van der Waals surface area (Å²) in [6.07, 6.45) is 3.00. The summed E-state index contributed by atoms with van der Waals surface area (Å²) in [5.74, 6) is 1.10. The molecule has 6 heteroatoms. The molecule has 1 aliphatic rings. The highest BCUT2D eigenvalue weighted by molar-refractivity contribution is 5.84. The minimum atomic E-state index is 0.154. The number of hydrogen-bond donors (Lipinski definition) is 2. The Labute approximate surface area is 155 Å². The normalized spacial score (nSPS) is 15.6. The number of carbonyl (C=O) groups excluding carboxylic acids is 1. The van der Waals surface area contributed by atoms with Gasteiger partial charge in [-0.15, -0.1) is 0 Å². The molecule has 1 saturated heterocycles. The Morgan fingerprint density at radius 3 is 2.65 bits per heavy atom. The molecular weight excluding hydrogens is 326 g/mol. The summed E-state index contributed by atoms with van der Waals surface area (Å²) in [6, 6.07) is 6.52. The highest BCUT2D eigenvalue weighted by Gasteiger charge is 2.20. The van der Waals surface area contributed by atoms with Crippen LogP contribution in [0, 0.1) is 6.92 Å². The van der Waals surface area contributed by atoms with Crippen LogP contribution in [0.1, 0.15) is 25.0 Å². The molecule has 0 radical (unpaired) electrons. The molecular formula is C20H29N5O. The van der Waals surface area contributed by atoms with Crippen molar-refractivity contribution in [1.82, 2.24) is 20.1 Å². The van der Waals surface area contributed by atoms with Gasteiger partial charge in [0, 0.05) is 63.3 Å². The lowest BCUT2D eigenvalue weighted by molar-refractivity contribution is -0.130. The zero-order chi connectivity index (χ0) is 18.5. The third kappa shape index (κ3) is 4.18. The number of aryl methyl sites for hydroxylation is 1. The van der Waals surface area contributed by atoms with E-state index in [4.69, 9.17) is 4.99 Å². The Bertz CT molecular complexity index is 787. The van der Waals surface area contributed by atoms with Crippen LogP contribution in [0.5, 0.6) is 0 Å². The van der Waals surface area contributed by atoms with E-state index in [1.165, 1.54) is 22.0 Å². The fraction of sp³-hybridized carbons (Fsp3) is 0.500. The van der Waals surface area contributed by atoms with E-state index < -0.39 is 0 Å². The SMILES string of the molecule is CCNC(=NCCc1c[nH]c2cc(C)ccc12)N1CCN(C(C)=O)CC1. The highest BCUT2D eigenvalue weighted by atomic mass is 16.2. The molecule has 3 rings (SSSR count). The van der Waals surface area contributed by atoms with E-state index >= 15 is 0 Å². The van der Waals surface area contributed by atoms with Crippen molar-refractivity contribution in [3.05, 3.63) is 35.5 Å². The molecule has 0 aliphatic carbocycles. The molecule has 1 fully saturated rings. The van der Waals surface area contributed by atoms with Crippen LogP contribution in [-0.4, -0.2) is 65.9 Å². The molecule has 26 heavy (non-hydrogen) atoms. The van der Waals surface area contributed by atoms with Gasteiger partial charge in [0.05, 0.1) is 0 Å². The number of rotatable bonds is 4. The van der Waals surface area contributed by atoms with E-state index in [0.29, 0.717) is 0 Å². The average molecular weight is 355 g/mol. The number of H-pyrrole nitrogens is 1. The summed E-state index contributed by atoms with van der Waals surface area (Å²) in [6.45, 7) is 10.6. The molecule has 0 spiro atoms. The molecule has 6 nitrogen and oxygen atoms in total.